The van der Waals surface area contributed by atoms with Gasteiger partial charge in [-0.25, -0.2) is 0 Å². The molecule has 9 N–H and O–H groups in total. The molecule has 0 unspecified atom stereocenters. The highest BCUT2D eigenvalue weighted by Gasteiger charge is 2.51. The van der Waals surface area contributed by atoms with Gasteiger partial charge in [-0.1, -0.05) is 31.2 Å². The van der Waals surface area contributed by atoms with Gasteiger partial charge in [-0.2, -0.15) is 0 Å². The van der Waals surface area contributed by atoms with E-state index in [4.69, 9.17) is 106 Å². The van der Waals surface area contributed by atoms with Gasteiger partial charge in [-0.3, -0.25) is 0 Å². The molecular weight excluding hydrogens is 1040 g/mol. The Morgan fingerprint density at radius 2 is 0.681 bits per heavy atom. The molecular formula is C41H92N6O20Si5. The number of allylic oxidation sites excluding steroid dienone is 4. The highest BCUT2D eigenvalue weighted by molar-refractivity contribution is 6.55. The van der Waals surface area contributed by atoms with E-state index in [9.17, 15) is 0 Å². The molecule has 26 nitrogen and oxygen atoms in total. The molecule has 0 atom stereocenters. The largest absolute Gasteiger partial charge is 0.679 e. The molecule has 6 rings (SSSR count). The summed E-state index contributed by atoms with van der Waals surface area (Å²) in [5.74, 6) is 0.564. The second kappa shape index (κ2) is 42.5. The molecule has 31 heteroatoms. The average molecular weight is 1130 g/mol. The Kier molecular flexibility index (Phi) is 40.0. The first-order chi connectivity index (χ1) is 35.2. The van der Waals surface area contributed by atoms with Crippen LogP contribution in [-0.4, -0.2) is 239 Å². The monoisotopic (exact) mass is 1130 g/mol. The van der Waals surface area contributed by atoms with Crippen LogP contribution >= 0.6 is 0 Å². The summed E-state index contributed by atoms with van der Waals surface area (Å²) in [5.41, 5.74) is 16.0. The van der Waals surface area contributed by atoms with E-state index in [0.29, 0.717) is 125 Å². The van der Waals surface area contributed by atoms with Crippen molar-refractivity contribution in [3.63, 3.8) is 0 Å². The lowest BCUT2D eigenvalue weighted by atomic mass is 10.1. The summed E-state index contributed by atoms with van der Waals surface area (Å²) in [6, 6.07) is 0. The summed E-state index contributed by atoms with van der Waals surface area (Å²) in [4.78, 5) is 0. The molecule has 0 spiro atoms. The summed E-state index contributed by atoms with van der Waals surface area (Å²) in [6.45, 7) is 18.0. The van der Waals surface area contributed by atoms with Gasteiger partial charge in [0.1, 0.15) is 0 Å². The summed E-state index contributed by atoms with van der Waals surface area (Å²) in [5, 5.41) is 9.70. The number of rotatable bonds is 34. The third kappa shape index (κ3) is 28.8. The van der Waals surface area contributed by atoms with Gasteiger partial charge < -0.3 is 122 Å². The molecule has 5 saturated heterocycles. The highest BCUT2D eigenvalue weighted by atomic mass is 28.4. The van der Waals surface area contributed by atoms with Crippen LogP contribution < -0.4 is 33.2 Å². The van der Waals surface area contributed by atoms with Crippen LogP contribution in [0.25, 0.3) is 0 Å². The standard InChI is InChI=1S/C11H18O4Si.C10H25N3O4Si.C8H20N2O4Si.C6H15NO4Si.C6H14O4Si/c1-12-16(14-9-10-15-16)13-8-4-7-11-5-2-3-6-11;1-14-18(16-9-10-17-18)15-8-2-4-12-6-7-13-5-3-11;1-11-15(13-7-8-14-15)12-6-2-4-10-5-3-9;1-8-12(9-4-2-3-7)10-5-6-11-12;1-3-4-8-11(7-2)9-5-6-10-11/h2-3,5-6,11H,4,7-10H2,1H3;12-13H,2-11H2,1H3;10H,2-9H2,1H3;2-7H2,1H3;3-6H2,1-2H3. The molecule has 0 aromatic carbocycles. The van der Waals surface area contributed by atoms with Gasteiger partial charge in [0.2, 0.25) is 0 Å². The van der Waals surface area contributed by atoms with E-state index in [1.54, 1.807) is 35.5 Å². The quantitative estimate of drug-likeness (QED) is 0.0347. The third-order valence-corrected chi connectivity index (χ3v) is 20.9. The lowest BCUT2D eigenvalue weighted by Gasteiger charge is -2.19. The van der Waals surface area contributed by atoms with Crippen LogP contribution in [-0.2, 0) is 88.5 Å². The second-order valence-corrected chi connectivity index (χ2v) is 26.9. The van der Waals surface area contributed by atoms with Crippen LogP contribution in [0.2, 0.25) is 0 Å². The normalized spacial score (nSPS) is 20.8. The summed E-state index contributed by atoms with van der Waals surface area (Å²) < 4.78 is 107. The predicted octanol–water partition coefficient (Wildman–Crippen LogP) is -0.593. The Morgan fingerprint density at radius 1 is 0.389 bits per heavy atom. The van der Waals surface area contributed by atoms with Gasteiger partial charge in [0.05, 0.1) is 66.1 Å². The molecule has 1 aliphatic carbocycles. The Morgan fingerprint density at radius 3 is 0.986 bits per heavy atom. The van der Waals surface area contributed by atoms with Crippen LogP contribution in [0.15, 0.2) is 24.3 Å². The van der Waals surface area contributed by atoms with E-state index >= 15 is 0 Å². The van der Waals surface area contributed by atoms with E-state index in [1.807, 2.05) is 6.92 Å². The van der Waals surface area contributed by atoms with E-state index in [-0.39, 0.29) is 0 Å². The van der Waals surface area contributed by atoms with Gasteiger partial charge in [-0.15, -0.1) is 0 Å². The number of nitrogens with two attached hydrogens (primary N) is 3. The number of hydrogen-bond donors (Lipinski definition) is 6. The van der Waals surface area contributed by atoms with Crippen molar-refractivity contribution in [2.75, 3.05) is 194 Å². The Bertz CT molecular complexity index is 1320. The molecule has 0 bridgehead atoms. The molecule has 0 radical (unpaired) electrons. The van der Waals surface area contributed by atoms with E-state index < -0.39 is 45.2 Å². The van der Waals surface area contributed by atoms with Gasteiger partial charge in [-0.05, 0) is 64.1 Å². The van der Waals surface area contributed by atoms with Crippen molar-refractivity contribution in [1.82, 2.24) is 16.0 Å². The van der Waals surface area contributed by atoms with Crippen LogP contribution in [0.4, 0.5) is 0 Å². The van der Waals surface area contributed by atoms with Crippen molar-refractivity contribution in [3.8, 4) is 0 Å². The zero-order valence-electron chi connectivity index (χ0n) is 44.0. The minimum atomic E-state index is -2.75. The molecule has 5 heterocycles. The van der Waals surface area contributed by atoms with Crippen molar-refractivity contribution >= 4 is 45.2 Å². The average Bonchev–Trinajstić information content (AvgIpc) is 4.29. The molecule has 5 aliphatic heterocycles. The lowest BCUT2D eigenvalue weighted by Crippen LogP contribution is -2.44. The van der Waals surface area contributed by atoms with Crippen molar-refractivity contribution < 1.29 is 88.5 Å². The SMILES string of the molecule is CCCO[Si]1(OC)OCCO1.CO[Si]1(OCCCC2C=CC=C2)OCCO1.CO[Si]1(OCCCN)OCCO1.CO[Si]1(OCCCNCCN)OCCO1.CO[Si]1(OCCCNCCNCCN)OCCO1. The predicted molar refractivity (Wildman–Crippen MR) is 274 cm³/mol. The van der Waals surface area contributed by atoms with Crippen LogP contribution in [0.1, 0.15) is 45.4 Å². The van der Waals surface area contributed by atoms with Gasteiger partial charge in [0.25, 0.3) is 0 Å². The van der Waals surface area contributed by atoms with Crippen LogP contribution in [0.3, 0.4) is 0 Å². The zero-order chi connectivity index (χ0) is 52.4. The second-order valence-electron chi connectivity index (χ2n) is 15.5. The van der Waals surface area contributed by atoms with Crippen molar-refractivity contribution in [2.24, 2.45) is 23.1 Å². The molecule has 5 fully saturated rings. The van der Waals surface area contributed by atoms with Gasteiger partial charge in [0, 0.05) is 108 Å². The third-order valence-electron chi connectivity index (χ3n) is 10.0. The van der Waals surface area contributed by atoms with Gasteiger partial charge in [0.15, 0.2) is 0 Å². The highest BCUT2D eigenvalue weighted by Crippen LogP contribution is 2.21. The van der Waals surface area contributed by atoms with Crippen LogP contribution in [0.5, 0.6) is 0 Å². The van der Waals surface area contributed by atoms with Gasteiger partial charge >= 0.3 is 45.2 Å². The first-order valence-electron chi connectivity index (χ1n) is 25.1. The number of hydrogen-bond acceptors (Lipinski definition) is 26. The molecule has 0 aromatic heterocycles. The fraction of sp³-hybridized carbons (Fsp3) is 0.902. The fourth-order valence-corrected chi connectivity index (χ4v) is 14.8. The molecule has 0 saturated carbocycles. The Labute approximate surface area is 434 Å². The minimum absolute atomic E-state index is 0.538. The minimum Gasteiger partial charge on any atom is -0.355 e. The van der Waals surface area contributed by atoms with E-state index in [0.717, 1.165) is 77.8 Å². The first-order valence-corrected chi connectivity index (χ1v) is 33.2. The topological polar surface area (TPSA) is 299 Å². The molecule has 72 heavy (non-hydrogen) atoms. The molecule has 6 aliphatic rings. The zero-order valence-corrected chi connectivity index (χ0v) is 49.0. The van der Waals surface area contributed by atoms with E-state index in [1.165, 1.54) is 0 Å². The fourth-order valence-electron chi connectivity index (χ4n) is 6.41. The van der Waals surface area contributed by atoms with Crippen molar-refractivity contribution in [1.29, 1.82) is 0 Å². The summed E-state index contributed by atoms with van der Waals surface area (Å²) in [6.07, 6.45) is 14.2. The van der Waals surface area contributed by atoms with Crippen molar-refractivity contribution in [3.05, 3.63) is 24.3 Å². The lowest BCUT2D eigenvalue weighted by molar-refractivity contribution is 0.0373. The number of nitrogens with one attached hydrogen (secondary N) is 3. The Balaban J connectivity index is 0.000000312. The van der Waals surface area contributed by atoms with E-state index in [2.05, 4.69) is 40.3 Å². The molecule has 0 aromatic rings. The maximum atomic E-state index is 5.62. The molecule has 0 amide bonds. The summed E-state index contributed by atoms with van der Waals surface area (Å²) in [7, 11) is -5.70. The first kappa shape index (κ1) is 67.6. The smallest absolute Gasteiger partial charge is 0.355 e. The molecule has 426 valence electrons. The Hall–Kier alpha value is -0.476. The van der Waals surface area contributed by atoms with Crippen LogP contribution in [0, 0.1) is 5.92 Å². The maximum absolute atomic E-state index is 5.62. The van der Waals surface area contributed by atoms with Crippen molar-refractivity contribution in [2.45, 2.75) is 45.4 Å². The maximum Gasteiger partial charge on any atom is 0.679 e. The summed E-state index contributed by atoms with van der Waals surface area (Å²) >= 11 is 0.